The topological polar surface area (TPSA) is 60.7 Å². The van der Waals surface area contributed by atoms with Gasteiger partial charge in [0.05, 0.1) is 13.5 Å². The van der Waals surface area contributed by atoms with Crippen molar-refractivity contribution in [1.82, 2.24) is 20.2 Å². The van der Waals surface area contributed by atoms with E-state index in [1.807, 2.05) is 0 Å². The summed E-state index contributed by atoms with van der Waals surface area (Å²) in [7, 11) is 1.69. The third-order valence-corrected chi connectivity index (χ3v) is 1.96. The fraction of sp³-hybridized carbons (Fsp3) is 0.778. The molecule has 0 aliphatic carbocycles. The van der Waals surface area contributed by atoms with E-state index in [2.05, 4.69) is 22.3 Å². The molecule has 0 radical (unpaired) electrons. The first-order chi connectivity index (χ1) is 6.72. The second-order valence-electron chi connectivity index (χ2n) is 3.37. The highest BCUT2D eigenvalue weighted by Crippen LogP contribution is 2.02. The molecule has 0 bridgehead atoms. The van der Waals surface area contributed by atoms with E-state index in [-0.39, 0.29) is 5.78 Å². The average molecular weight is 196 g/mol. The Morgan fingerprint density at radius 1 is 1.43 bits per heavy atom. The van der Waals surface area contributed by atoms with E-state index in [0.29, 0.717) is 18.7 Å². The highest BCUT2D eigenvalue weighted by atomic mass is 16.1. The molecule has 78 valence electrons. The molecule has 1 aromatic rings. The number of hydrogen-bond donors (Lipinski definition) is 0. The quantitative estimate of drug-likeness (QED) is 0.634. The van der Waals surface area contributed by atoms with Crippen LogP contribution in [0.5, 0.6) is 0 Å². The number of tetrazole rings is 1. The van der Waals surface area contributed by atoms with E-state index in [9.17, 15) is 4.79 Å². The van der Waals surface area contributed by atoms with Gasteiger partial charge in [-0.05, 0) is 11.6 Å². The lowest BCUT2D eigenvalue weighted by molar-refractivity contribution is -0.118. The van der Waals surface area contributed by atoms with Crippen LogP contribution in [0.4, 0.5) is 0 Å². The zero-order valence-corrected chi connectivity index (χ0v) is 8.73. The van der Waals surface area contributed by atoms with Crippen molar-refractivity contribution < 1.29 is 4.79 Å². The predicted molar refractivity (Wildman–Crippen MR) is 51.7 cm³/mol. The second kappa shape index (κ2) is 5.47. The summed E-state index contributed by atoms with van der Waals surface area (Å²) < 4.78 is 0. The number of carbonyl (C=O) groups excluding carboxylic acids is 1. The van der Waals surface area contributed by atoms with Gasteiger partial charge in [0.2, 0.25) is 0 Å². The van der Waals surface area contributed by atoms with Crippen LogP contribution in [0.1, 0.15) is 38.4 Å². The van der Waals surface area contributed by atoms with Gasteiger partial charge in [0.1, 0.15) is 5.78 Å². The molecule has 0 saturated heterocycles. The van der Waals surface area contributed by atoms with Gasteiger partial charge in [-0.25, -0.2) is 0 Å². The van der Waals surface area contributed by atoms with Crippen LogP contribution in [0.2, 0.25) is 0 Å². The molecule has 14 heavy (non-hydrogen) atoms. The molecular formula is C9H16N4O. The van der Waals surface area contributed by atoms with Gasteiger partial charge in [-0.1, -0.05) is 19.8 Å². The van der Waals surface area contributed by atoms with E-state index < -0.39 is 0 Å². The van der Waals surface area contributed by atoms with Crippen LogP contribution in [0.15, 0.2) is 0 Å². The van der Waals surface area contributed by atoms with Crippen LogP contribution in [0, 0.1) is 0 Å². The summed E-state index contributed by atoms with van der Waals surface area (Å²) in [5.41, 5.74) is 0. The molecule has 0 amide bonds. The van der Waals surface area contributed by atoms with Crippen molar-refractivity contribution in [1.29, 1.82) is 0 Å². The highest BCUT2D eigenvalue weighted by Gasteiger charge is 2.07. The smallest absolute Gasteiger partial charge is 0.182 e. The third-order valence-electron chi connectivity index (χ3n) is 1.96. The lowest BCUT2D eigenvalue weighted by atomic mass is 10.1. The van der Waals surface area contributed by atoms with E-state index in [1.165, 1.54) is 4.80 Å². The number of Topliss-reactive ketones (excluding diaryl/α,β-unsaturated/α-hetero) is 1. The maximum absolute atomic E-state index is 11.4. The Balaban J connectivity index is 2.27. The summed E-state index contributed by atoms with van der Waals surface area (Å²) in [6, 6.07) is 0. The fourth-order valence-corrected chi connectivity index (χ4v) is 1.23. The molecule has 5 nitrogen and oxygen atoms in total. The standard InChI is InChI=1S/C9H16N4O/c1-3-4-5-6-8(14)7-9-10-12-13(2)11-9/h3-7H2,1-2H3. The summed E-state index contributed by atoms with van der Waals surface area (Å²) in [5.74, 6) is 0.723. The van der Waals surface area contributed by atoms with Crippen molar-refractivity contribution >= 4 is 5.78 Å². The van der Waals surface area contributed by atoms with E-state index in [0.717, 1.165) is 19.3 Å². The predicted octanol–water partition coefficient (Wildman–Crippen LogP) is 0.902. The number of ketones is 1. The molecule has 0 spiro atoms. The molecule has 0 atom stereocenters. The lowest BCUT2D eigenvalue weighted by Gasteiger charge is -1.95. The molecule has 0 aliphatic rings. The summed E-state index contributed by atoms with van der Waals surface area (Å²) in [6.07, 6.45) is 4.16. The largest absolute Gasteiger partial charge is 0.299 e. The van der Waals surface area contributed by atoms with Crippen molar-refractivity contribution in [3.05, 3.63) is 5.82 Å². The summed E-state index contributed by atoms with van der Waals surface area (Å²) >= 11 is 0. The van der Waals surface area contributed by atoms with Crippen molar-refractivity contribution in [2.45, 2.75) is 39.0 Å². The van der Waals surface area contributed by atoms with Crippen LogP contribution >= 0.6 is 0 Å². The summed E-state index contributed by atoms with van der Waals surface area (Å²) in [5, 5.41) is 11.4. The SMILES string of the molecule is CCCCCC(=O)Cc1nnn(C)n1. The van der Waals surface area contributed by atoms with Gasteiger partial charge in [0.25, 0.3) is 0 Å². The maximum atomic E-state index is 11.4. The molecule has 0 N–H and O–H groups in total. The van der Waals surface area contributed by atoms with Crippen molar-refractivity contribution in [3.63, 3.8) is 0 Å². The first-order valence-corrected chi connectivity index (χ1v) is 4.97. The first-order valence-electron chi connectivity index (χ1n) is 4.97. The number of aromatic nitrogens is 4. The van der Waals surface area contributed by atoms with E-state index in [1.54, 1.807) is 7.05 Å². The van der Waals surface area contributed by atoms with E-state index in [4.69, 9.17) is 0 Å². The van der Waals surface area contributed by atoms with Crippen LogP contribution in [-0.2, 0) is 18.3 Å². The molecule has 1 rings (SSSR count). The third kappa shape index (κ3) is 3.64. The zero-order valence-electron chi connectivity index (χ0n) is 8.73. The maximum Gasteiger partial charge on any atom is 0.182 e. The Kier molecular flexibility index (Phi) is 4.22. The Morgan fingerprint density at radius 3 is 2.79 bits per heavy atom. The fourth-order valence-electron chi connectivity index (χ4n) is 1.23. The number of aryl methyl sites for hydroxylation is 1. The average Bonchev–Trinajstić information content (AvgIpc) is 2.52. The van der Waals surface area contributed by atoms with Gasteiger partial charge >= 0.3 is 0 Å². The van der Waals surface area contributed by atoms with Gasteiger partial charge in [0, 0.05) is 6.42 Å². The van der Waals surface area contributed by atoms with Gasteiger partial charge in [-0.3, -0.25) is 4.79 Å². The normalized spacial score (nSPS) is 10.4. The minimum Gasteiger partial charge on any atom is -0.299 e. The monoisotopic (exact) mass is 196 g/mol. The first kappa shape index (κ1) is 10.8. The Hall–Kier alpha value is -1.26. The minimum absolute atomic E-state index is 0.200. The number of hydrogen-bond acceptors (Lipinski definition) is 4. The molecule has 1 heterocycles. The molecule has 1 aromatic heterocycles. The van der Waals surface area contributed by atoms with Gasteiger partial charge in [0.15, 0.2) is 5.82 Å². The van der Waals surface area contributed by atoms with Gasteiger partial charge in [-0.2, -0.15) is 4.80 Å². The molecular weight excluding hydrogens is 180 g/mol. The molecule has 0 aliphatic heterocycles. The van der Waals surface area contributed by atoms with Crippen LogP contribution in [0.3, 0.4) is 0 Å². The number of rotatable bonds is 6. The van der Waals surface area contributed by atoms with Gasteiger partial charge < -0.3 is 0 Å². The minimum atomic E-state index is 0.200. The van der Waals surface area contributed by atoms with Gasteiger partial charge in [-0.15, -0.1) is 10.2 Å². The Morgan fingerprint density at radius 2 is 2.21 bits per heavy atom. The molecule has 5 heteroatoms. The molecule has 0 saturated carbocycles. The molecule has 0 aromatic carbocycles. The number of nitrogens with zero attached hydrogens (tertiary/aromatic N) is 4. The van der Waals surface area contributed by atoms with Crippen molar-refractivity contribution in [3.8, 4) is 0 Å². The zero-order chi connectivity index (χ0) is 10.4. The number of carbonyl (C=O) groups is 1. The van der Waals surface area contributed by atoms with Crippen molar-refractivity contribution in [2.24, 2.45) is 7.05 Å². The number of unbranched alkanes of at least 4 members (excludes halogenated alkanes) is 2. The van der Waals surface area contributed by atoms with Crippen LogP contribution in [-0.4, -0.2) is 26.0 Å². The van der Waals surface area contributed by atoms with Crippen LogP contribution in [0.25, 0.3) is 0 Å². The lowest BCUT2D eigenvalue weighted by Crippen LogP contribution is -2.04. The summed E-state index contributed by atoms with van der Waals surface area (Å²) in [4.78, 5) is 12.7. The Bertz CT molecular complexity index is 295. The second-order valence-corrected chi connectivity index (χ2v) is 3.37. The highest BCUT2D eigenvalue weighted by molar-refractivity contribution is 5.79. The van der Waals surface area contributed by atoms with Crippen LogP contribution < -0.4 is 0 Å². The van der Waals surface area contributed by atoms with Crippen molar-refractivity contribution in [2.75, 3.05) is 0 Å². The molecule has 0 unspecified atom stereocenters. The Labute approximate surface area is 83.5 Å². The molecule has 0 fully saturated rings. The summed E-state index contributed by atoms with van der Waals surface area (Å²) in [6.45, 7) is 2.12. The van der Waals surface area contributed by atoms with E-state index >= 15 is 0 Å².